The summed E-state index contributed by atoms with van der Waals surface area (Å²) in [7, 11) is 0. The molecule has 1 saturated heterocycles. The van der Waals surface area contributed by atoms with Crippen LogP contribution >= 0.6 is 35.7 Å². The molecule has 0 aromatic heterocycles. The number of hydrogen-bond donors (Lipinski definition) is 1. The Morgan fingerprint density at radius 3 is 1.93 bits per heavy atom. The zero-order valence-electron chi connectivity index (χ0n) is 24.1. The number of benzene rings is 1. The van der Waals surface area contributed by atoms with Gasteiger partial charge in [-0.1, -0.05) is 139 Å². The minimum Gasteiger partial charge on any atom is -0.480 e. The predicted octanol–water partition coefficient (Wildman–Crippen LogP) is 9.53. The van der Waals surface area contributed by atoms with E-state index in [0.29, 0.717) is 10.0 Å². The number of carbonyl (C=O) groups is 2. The summed E-state index contributed by atoms with van der Waals surface area (Å²) >= 11 is 7.83. The van der Waals surface area contributed by atoms with Crippen molar-refractivity contribution in [2.24, 2.45) is 0 Å². The molecule has 0 amide bonds. The lowest BCUT2D eigenvalue weighted by molar-refractivity contribution is -0.137. The molecule has 3 rings (SSSR count). The molecule has 1 aromatic carbocycles. The highest BCUT2D eigenvalue weighted by Gasteiger charge is 2.33. The van der Waals surface area contributed by atoms with Crippen LogP contribution in [0.25, 0.3) is 0 Å². The summed E-state index contributed by atoms with van der Waals surface area (Å²) < 4.78 is 0.296. The maximum atomic E-state index is 12.4. The first kappa shape index (κ1) is 32.7. The Labute approximate surface area is 255 Å². The van der Waals surface area contributed by atoms with Crippen LogP contribution < -0.4 is 4.90 Å². The monoisotopic (exact) mass is 602 g/mol. The Hall–Kier alpha value is -1.77. The maximum Gasteiger partial charge on any atom is 0.323 e. The van der Waals surface area contributed by atoms with Crippen LogP contribution in [0.4, 0.5) is 5.69 Å². The number of unbranched alkanes of at least 4 members (excludes halogenated alkanes) is 15. The van der Waals surface area contributed by atoms with Gasteiger partial charge >= 0.3 is 5.97 Å². The first-order chi connectivity index (χ1) is 19.5. The van der Waals surface area contributed by atoms with Crippen LogP contribution in [0, 0.1) is 0 Å². The number of hydrogen-bond acceptors (Lipinski definition) is 6. The molecule has 1 N–H and O–H groups in total. The van der Waals surface area contributed by atoms with E-state index in [-0.39, 0.29) is 11.7 Å². The van der Waals surface area contributed by atoms with Crippen LogP contribution in [0.5, 0.6) is 0 Å². The average molecular weight is 603 g/mol. The van der Waals surface area contributed by atoms with Gasteiger partial charge in [-0.2, -0.15) is 0 Å². The van der Waals surface area contributed by atoms with Crippen LogP contribution in [0.3, 0.4) is 0 Å². The standard InChI is InChI=1S/C32H46N2O3S3/c1-2-3-4-5-6-7-8-9-10-11-12-13-14-15-16-19-24-33-26-20-17-18-21-28(26)39-29(33)23-22-27-31(37)40-32(38)34(27)25-30(35)36/h17-18,20-23H,2-16,19,24-25H2,1H3,(H,35,36)/b27-22+,29-23+. The zero-order chi connectivity index (χ0) is 28.6. The van der Waals surface area contributed by atoms with Crippen molar-refractivity contribution in [3.63, 3.8) is 0 Å². The Kier molecular flexibility index (Phi) is 15.2. The third kappa shape index (κ3) is 10.9. The number of allylic oxidation sites excluding steroid dienone is 2. The molecular formula is C32H46N2O3S3. The van der Waals surface area contributed by atoms with Gasteiger partial charge in [-0.15, -0.1) is 0 Å². The fourth-order valence-corrected chi connectivity index (χ4v) is 7.41. The van der Waals surface area contributed by atoms with Gasteiger partial charge in [0.25, 0.3) is 0 Å². The first-order valence-electron chi connectivity index (χ1n) is 15.2. The topological polar surface area (TPSA) is 60.9 Å². The molecular weight excluding hydrogens is 557 g/mol. The van der Waals surface area contributed by atoms with Crippen LogP contribution in [0.1, 0.15) is 110 Å². The third-order valence-electron chi connectivity index (χ3n) is 7.45. The molecule has 40 heavy (non-hydrogen) atoms. The SMILES string of the molecule is CCCCCCCCCCCCCCCCCCN1/C(=C\C=C2/C(=O)SC(=S)N2CC(=O)O)Sc2ccccc21. The summed E-state index contributed by atoms with van der Waals surface area (Å²) in [5, 5.41) is 10.1. The van der Waals surface area contributed by atoms with Gasteiger partial charge in [-0.05, 0) is 42.5 Å². The molecule has 2 aliphatic heterocycles. The summed E-state index contributed by atoms with van der Waals surface area (Å²) in [4.78, 5) is 28.6. The lowest BCUT2D eigenvalue weighted by atomic mass is 10.0. The van der Waals surface area contributed by atoms with E-state index in [1.165, 1.54) is 112 Å². The van der Waals surface area contributed by atoms with Gasteiger partial charge in [0, 0.05) is 11.4 Å². The van der Waals surface area contributed by atoms with Crippen LogP contribution in [0.2, 0.25) is 0 Å². The molecule has 1 aromatic rings. The van der Waals surface area contributed by atoms with E-state index in [1.807, 2.05) is 12.1 Å². The van der Waals surface area contributed by atoms with Crippen molar-refractivity contribution in [3.05, 3.63) is 47.1 Å². The zero-order valence-corrected chi connectivity index (χ0v) is 26.5. The van der Waals surface area contributed by atoms with E-state index >= 15 is 0 Å². The van der Waals surface area contributed by atoms with Crippen molar-refractivity contribution in [1.29, 1.82) is 0 Å². The minimum absolute atomic E-state index is 0.201. The number of thiocarbonyl (C=S) groups is 1. The lowest BCUT2D eigenvalue weighted by Gasteiger charge is -2.20. The van der Waals surface area contributed by atoms with Gasteiger partial charge in [0.2, 0.25) is 5.12 Å². The number of thioether (sulfide) groups is 2. The molecule has 1 fully saturated rings. The number of carboxylic acids is 1. The van der Waals surface area contributed by atoms with Crippen molar-refractivity contribution in [1.82, 2.24) is 4.90 Å². The average Bonchev–Trinajstić information content (AvgIpc) is 3.42. The second kappa shape index (κ2) is 18.6. The quantitative estimate of drug-likeness (QED) is 0.0899. The van der Waals surface area contributed by atoms with Crippen LogP contribution in [-0.2, 0) is 9.59 Å². The van der Waals surface area contributed by atoms with Crippen molar-refractivity contribution in [2.75, 3.05) is 18.0 Å². The van der Waals surface area contributed by atoms with Gasteiger partial charge in [0.05, 0.1) is 16.4 Å². The van der Waals surface area contributed by atoms with Crippen LogP contribution in [-0.4, -0.2) is 38.5 Å². The molecule has 2 heterocycles. The minimum atomic E-state index is -1.01. The normalized spacial score (nSPS) is 17.0. The Bertz CT molecular complexity index is 1040. The molecule has 0 aliphatic carbocycles. The van der Waals surface area contributed by atoms with Crippen molar-refractivity contribution >= 4 is 56.8 Å². The smallest absolute Gasteiger partial charge is 0.323 e. The van der Waals surface area contributed by atoms with Gasteiger partial charge in [-0.25, -0.2) is 0 Å². The Morgan fingerprint density at radius 2 is 1.35 bits per heavy atom. The number of carboxylic acid groups (broad SMARTS) is 1. The number of fused-ring (bicyclic) bond motifs is 1. The third-order valence-corrected chi connectivity index (χ3v) is 9.84. The highest BCUT2D eigenvalue weighted by molar-refractivity contribution is 8.33. The highest BCUT2D eigenvalue weighted by atomic mass is 32.2. The number of rotatable bonds is 20. The fourth-order valence-electron chi connectivity index (χ4n) is 5.21. The van der Waals surface area contributed by atoms with Crippen molar-refractivity contribution in [3.8, 4) is 0 Å². The van der Waals surface area contributed by atoms with E-state index in [1.54, 1.807) is 17.8 Å². The molecule has 2 aliphatic rings. The molecule has 0 radical (unpaired) electrons. The molecule has 220 valence electrons. The summed E-state index contributed by atoms with van der Waals surface area (Å²) in [6.45, 7) is 2.90. The highest BCUT2D eigenvalue weighted by Crippen LogP contribution is 2.46. The van der Waals surface area contributed by atoms with E-state index in [9.17, 15) is 14.7 Å². The van der Waals surface area contributed by atoms with E-state index in [2.05, 4.69) is 30.0 Å². The lowest BCUT2D eigenvalue weighted by Crippen LogP contribution is -2.28. The van der Waals surface area contributed by atoms with Gasteiger partial charge in [0.1, 0.15) is 10.9 Å². The summed E-state index contributed by atoms with van der Waals surface area (Å²) in [6.07, 6.45) is 25.3. The number of anilines is 1. The Morgan fingerprint density at radius 1 is 0.800 bits per heavy atom. The summed E-state index contributed by atoms with van der Waals surface area (Å²) in [6, 6.07) is 8.37. The van der Waals surface area contributed by atoms with Crippen molar-refractivity contribution < 1.29 is 14.7 Å². The van der Waals surface area contributed by atoms with Crippen LogP contribution in [0.15, 0.2) is 52.0 Å². The second-order valence-corrected chi connectivity index (χ2v) is 13.4. The number of carbonyl (C=O) groups excluding carboxylic acids is 1. The molecule has 0 spiro atoms. The predicted molar refractivity (Wildman–Crippen MR) is 175 cm³/mol. The maximum absolute atomic E-state index is 12.4. The molecule has 0 bridgehead atoms. The van der Waals surface area contributed by atoms with Gasteiger partial charge in [0.15, 0.2) is 0 Å². The van der Waals surface area contributed by atoms with Crippen molar-refractivity contribution in [2.45, 2.75) is 115 Å². The number of aliphatic carboxylic acids is 1. The molecule has 8 heteroatoms. The largest absolute Gasteiger partial charge is 0.480 e. The fraction of sp³-hybridized carbons (Fsp3) is 0.594. The Balaban J connectivity index is 1.37. The van der Waals surface area contributed by atoms with Gasteiger partial charge < -0.3 is 14.9 Å². The number of para-hydroxylation sites is 1. The number of nitrogens with zero attached hydrogens (tertiary/aromatic N) is 2. The molecule has 0 unspecified atom stereocenters. The summed E-state index contributed by atoms with van der Waals surface area (Å²) in [5.74, 6) is -1.01. The molecule has 0 saturated carbocycles. The first-order valence-corrected chi connectivity index (χ1v) is 17.3. The second-order valence-electron chi connectivity index (χ2n) is 10.7. The van der Waals surface area contributed by atoms with E-state index in [4.69, 9.17) is 12.2 Å². The molecule has 0 atom stereocenters. The van der Waals surface area contributed by atoms with E-state index in [0.717, 1.165) is 29.8 Å². The van der Waals surface area contributed by atoms with Gasteiger partial charge in [-0.3, -0.25) is 9.59 Å². The van der Waals surface area contributed by atoms with E-state index < -0.39 is 5.97 Å². The summed E-state index contributed by atoms with van der Waals surface area (Å²) in [5.41, 5.74) is 1.53. The molecule has 5 nitrogen and oxygen atoms in total.